The van der Waals surface area contributed by atoms with Crippen molar-refractivity contribution in [1.29, 1.82) is 0 Å². The third kappa shape index (κ3) is 3.40. The van der Waals surface area contributed by atoms with Crippen LogP contribution in [0.5, 0.6) is 0 Å². The lowest BCUT2D eigenvalue weighted by Gasteiger charge is -2.23. The van der Waals surface area contributed by atoms with Gasteiger partial charge in [0.05, 0.1) is 0 Å². The number of rotatable bonds is 4. The quantitative estimate of drug-likeness (QED) is 0.345. The molecule has 0 saturated carbocycles. The third-order valence-corrected chi connectivity index (χ3v) is 5.76. The molecule has 29 heavy (non-hydrogen) atoms. The van der Waals surface area contributed by atoms with Gasteiger partial charge in [0.1, 0.15) is 0 Å². The van der Waals surface area contributed by atoms with Crippen molar-refractivity contribution < 1.29 is 4.79 Å². The van der Waals surface area contributed by atoms with Gasteiger partial charge in [-0.05, 0) is 54.2 Å². The molecule has 4 aromatic rings. The molecule has 0 heterocycles. The molecule has 0 aromatic heterocycles. The minimum absolute atomic E-state index is 0.0715. The molecule has 0 atom stereocenters. The molecule has 4 aromatic carbocycles. The molecular weight excluding hydrogens is 352 g/mol. The van der Waals surface area contributed by atoms with E-state index in [1.165, 1.54) is 11.1 Å². The van der Waals surface area contributed by atoms with Gasteiger partial charge in [0.25, 0.3) is 0 Å². The molecule has 0 unspecified atom stereocenters. The Morgan fingerprint density at radius 2 is 0.966 bits per heavy atom. The van der Waals surface area contributed by atoms with E-state index in [1.807, 2.05) is 54.6 Å². The van der Waals surface area contributed by atoms with Crippen molar-refractivity contribution in [2.75, 3.05) is 0 Å². The fourth-order valence-electron chi connectivity index (χ4n) is 4.03. The molecule has 0 amide bonds. The van der Waals surface area contributed by atoms with Crippen LogP contribution in [0, 0.1) is 20.8 Å². The SMILES string of the molecule is Cc1c(C)c(C(=O)c2ccccc2)c(-c2ccccc2)c(-c2ccccc2)c1C. The van der Waals surface area contributed by atoms with Crippen LogP contribution in [-0.4, -0.2) is 5.78 Å². The number of hydrogen-bond donors (Lipinski definition) is 0. The summed E-state index contributed by atoms with van der Waals surface area (Å²) in [5, 5.41) is 0. The Hall–Kier alpha value is -3.45. The summed E-state index contributed by atoms with van der Waals surface area (Å²) >= 11 is 0. The number of ketones is 1. The Morgan fingerprint density at radius 1 is 0.517 bits per heavy atom. The van der Waals surface area contributed by atoms with E-state index < -0.39 is 0 Å². The van der Waals surface area contributed by atoms with Crippen LogP contribution in [0.2, 0.25) is 0 Å². The van der Waals surface area contributed by atoms with Crippen molar-refractivity contribution in [2.24, 2.45) is 0 Å². The zero-order chi connectivity index (χ0) is 20.4. The monoisotopic (exact) mass is 376 g/mol. The topological polar surface area (TPSA) is 17.1 Å². The Kier molecular flexibility index (Phi) is 5.14. The standard InChI is InChI=1S/C28H24O/c1-19-20(2)25(22-13-7-4-8-14-22)27(23-15-9-5-10-16-23)26(21(19)3)28(29)24-17-11-6-12-18-24/h4-18H,1-3H3. The average Bonchev–Trinajstić information content (AvgIpc) is 2.78. The molecule has 0 radical (unpaired) electrons. The predicted molar refractivity (Wildman–Crippen MR) is 121 cm³/mol. The smallest absolute Gasteiger partial charge is 0.193 e. The average molecular weight is 376 g/mol. The lowest BCUT2D eigenvalue weighted by molar-refractivity contribution is 0.103. The van der Waals surface area contributed by atoms with E-state index in [0.717, 1.165) is 38.9 Å². The first-order valence-electron chi connectivity index (χ1n) is 9.94. The van der Waals surface area contributed by atoms with Crippen molar-refractivity contribution in [3.8, 4) is 22.3 Å². The minimum Gasteiger partial charge on any atom is -0.289 e. The van der Waals surface area contributed by atoms with Crippen molar-refractivity contribution in [1.82, 2.24) is 0 Å². The highest BCUT2D eigenvalue weighted by atomic mass is 16.1. The molecule has 0 aliphatic heterocycles. The van der Waals surface area contributed by atoms with E-state index in [9.17, 15) is 4.79 Å². The Morgan fingerprint density at radius 3 is 1.48 bits per heavy atom. The predicted octanol–water partition coefficient (Wildman–Crippen LogP) is 7.18. The normalized spacial score (nSPS) is 10.7. The molecule has 4 rings (SSSR count). The van der Waals surface area contributed by atoms with E-state index in [-0.39, 0.29) is 5.78 Å². The second kappa shape index (κ2) is 7.89. The first-order chi connectivity index (χ1) is 14.1. The van der Waals surface area contributed by atoms with Gasteiger partial charge in [-0.2, -0.15) is 0 Å². The zero-order valence-electron chi connectivity index (χ0n) is 17.1. The maximum absolute atomic E-state index is 13.7. The van der Waals surface area contributed by atoms with Crippen molar-refractivity contribution in [3.05, 3.63) is 119 Å². The molecule has 0 spiro atoms. The van der Waals surface area contributed by atoms with Gasteiger partial charge in [0.15, 0.2) is 5.78 Å². The second-order valence-corrected chi connectivity index (χ2v) is 7.43. The third-order valence-electron chi connectivity index (χ3n) is 5.76. The van der Waals surface area contributed by atoms with E-state index in [4.69, 9.17) is 0 Å². The van der Waals surface area contributed by atoms with E-state index in [0.29, 0.717) is 0 Å². The van der Waals surface area contributed by atoms with Crippen LogP contribution in [-0.2, 0) is 0 Å². The fourth-order valence-corrected chi connectivity index (χ4v) is 4.03. The Labute approximate surface area is 172 Å². The summed E-state index contributed by atoms with van der Waals surface area (Å²) < 4.78 is 0. The van der Waals surface area contributed by atoms with Crippen LogP contribution in [0.25, 0.3) is 22.3 Å². The largest absolute Gasteiger partial charge is 0.289 e. The van der Waals surface area contributed by atoms with Crippen LogP contribution in [0.4, 0.5) is 0 Å². The first-order valence-corrected chi connectivity index (χ1v) is 9.94. The maximum Gasteiger partial charge on any atom is 0.193 e. The van der Waals surface area contributed by atoms with Crippen molar-refractivity contribution in [3.63, 3.8) is 0 Å². The van der Waals surface area contributed by atoms with Crippen molar-refractivity contribution in [2.45, 2.75) is 20.8 Å². The van der Waals surface area contributed by atoms with Gasteiger partial charge in [-0.25, -0.2) is 0 Å². The van der Waals surface area contributed by atoms with Gasteiger partial charge in [-0.1, -0.05) is 91.0 Å². The molecule has 0 fully saturated rings. The molecule has 0 bridgehead atoms. The number of carbonyl (C=O) groups excluding carboxylic acids is 1. The fraction of sp³-hybridized carbons (Fsp3) is 0.107. The van der Waals surface area contributed by atoms with Crippen LogP contribution in [0.15, 0.2) is 91.0 Å². The van der Waals surface area contributed by atoms with Gasteiger partial charge in [0.2, 0.25) is 0 Å². The first kappa shape index (κ1) is 18.9. The van der Waals surface area contributed by atoms with Crippen LogP contribution >= 0.6 is 0 Å². The number of carbonyl (C=O) groups is 1. The summed E-state index contributed by atoms with van der Waals surface area (Å²) in [5.41, 5.74) is 9.31. The highest BCUT2D eigenvalue weighted by Gasteiger charge is 2.24. The zero-order valence-corrected chi connectivity index (χ0v) is 17.1. The van der Waals surface area contributed by atoms with Gasteiger partial charge in [-0.15, -0.1) is 0 Å². The Bertz CT molecular complexity index is 1160. The number of benzene rings is 4. The van der Waals surface area contributed by atoms with Gasteiger partial charge in [-0.3, -0.25) is 4.79 Å². The number of hydrogen-bond acceptors (Lipinski definition) is 1. The summed E-state index contributed by atoms with van der Waals surface area (Å²) in [6.07, 6.45) is 0. The molecular formula is C28H24O. The summed E-state index contributed by atoms with van der Waals surface area (Å²) in [5.74, 6) is 0.0715. The molecule has 1 heteroatoms. The van der Waals surface area contributed by atoms with Crippen LogP contribution < -0.4 is 0 Å². The highest BCUT2D eigenvalue weighted by Crippen LogP contribution is 2.41. The summed E-state index contributed by atoms with van der Waals surface area (Å²) in [6.45, 7) is 6.35. The van der Waals surface area contributed by atoms with Gasteiger partial charge < -0.3 is 0 Å². The molecule has 0 aliphatic carbocycles. The molecule has 1 nitrogen and oxygen atoms in total. The summed E-state index contributed by atoms with van der Waals surface area (Å²) in [7, 11) is 0. The van der Waals surface area contributed by atoms with Crippen LogP contribution in [0.1, 0.15) is 32.6 Å². The molecule has 0 N–H and O–H groups in total. The Balaban J connectivity index is 2.13. The van der Waals surface area contributed by atoms with Crippen molar-refractivity contribution >= 4 is 5.78 Å². The van der Waals surface area contributed by atoms with E-state index in [1.54, 1.807) is 0 Å². The molecule has 0 saturated heterocycles. The molecule has 0 aliphatic rings. The van der Waals surface area contributed by atoms with Gasteiger partial charge >= 0.3 is 0 Å². The lowest BCUT2D eigenvalue weighted by atomic mass is 9.80. The summed E-state index contributed by atoms with van der Waals surface area (Å²) in [6, 6.07) is 30.2. The highest BCUT2D eigenvalue weighted by molar-refractivity contribution is 6.16. The second-order valence-electron chi connectivity index (χ2n) is 7.43. The summed E-state index contributed by atoms with van der Waals surface area (Å²) in [4.78, 5) is 13.7. The maximum atomic E-state index is 13.7. The lowest BCUT2D eigenvalue weighted by Crippen LogP contribution is -2.10. The van der Waals surface area contributed by atoms with E-state index in [2.05, 4.69) is 57.2 Å². The minimum atomic E-state index is 0.0715. The molecule has 142 valence electrons. The van der Waals surface area contributed by atoms with E-state index >= 15 is 0 Å². The van der Waals surface area contributed by atoms with Crippen LogP contribution in [0.3, 0.4) is 0 Å². The van der Waals surface area contributed by atoms with Gasteiger partial charge in [0, 0.05) is 16.7 Å².